The topological polar surface area (TPSA) is 63.7 Å². The van der Waals surface area contributed by atoms with Crippen LogP contribution >= 0.6 is 11.3 Å². The van der Waals surface area contributed by atoms with Crippen LogP contribution in [-0.4, -0.2) is 43.1 Å². The van der Waals surface area contributed by atoms with E-state index in [0.717, 1.165) is 30.3 Å². The van der Waals surface area contributed by atoms with Crippen molar-refractivity contribution in [3.63, 3.8) is 0 Å². The second kappa shape index (κ2) is 9.00. The Balaban J connectivity index is 1.56. The summed E-state index contributed by atoms with van der Waals surface area (Å²) in [4.78, 5) is 19.5. The van der Waals surface area contributed by atoms with E-state index < -0.39 is 0 Å². The van der Waals surface area contributed by atoms with Crippen LogP contribution in [0, 0.1) is 0 Å². The molecule has 0 bridgehead atoms. The number of aromatic nitrogens is 1. The number of hydrogen-bond acceptors (Lipinski definition) is 6. The maximum atomic E-state index is 12.4. The van der Waals surface area contributed by atoms with Crippen LogP contribution in [0.1, 0.15) is 40.3 Å². The van der Waals surface area contributed by atoms with E-state index in [9.17, 15) is 4.79 Å². The third-order valence-electron chi connectivity index (χ3n) is 4.45. The predicted molar refractivity (Wildman–Crippen MR) is 102 cm³/mol. The van der Waals surface area contributed by atoms with Crippen LogP contribution in [0.15, 0.2) is 23.6 Å². The molecular weight excluding hydrogens is 350 g/mol. The molecule has 1 aliphatic heterocycles. The summed E-state index contributed by atoms with van der Waals surface area (Å²) in [7, 11) is 3.13. The molecule has 1 aromatic heterocycles. The lowest BCUT2D eigenvalue weighted by Crippen LogP contribution is -2.29. The lowest BCUT2D eigenvalue weighted by molar-refractivity contribution is 0.0950. The number of rotatable bonds is 7. The number of carbonyl (C=O) groups is 1. The van der Waals surface area contributed by atoms with Crippen LogP contribution in [0.3, 0.4) is 0 Å². The number of nitrogens with one attached hydrogen (secondary N) is 1. The molecule has 0 spiro atoms. The van der Waals surface area contributed by atoms with Gasteiger partial charge >= 0.3 is 0 Å². The van der Waals surface area contributed by atoms with Crippen LogP contribution in [0.25, 0.3) is 0 Å². The van der Waals surface area contributed by atoms with Crippen LogP contribution < -0.4 is 14.8 Å². The number of likely N-dealkylation sites (tertiary alicyclic amines) is 1. The van der Waals surface area contributed by atoms with Crippen LogP contribution in [-0.2, 0) is 13.1 Å². The number of ether oxygens (including phenoxy) is 2. The van der Waals surface area contributed by atoms with Crippen LogP contribution in [0.5, 0.6) is 11.5 Å². The van der Waals surface area contributed by atoms with Crippen LogP contribution in [0.4, 0.5) is 0 Å². The van der Waals surface area contributed by atoms with Gasteiger partial charge < -0.3 is 14.8 Å². The monoisotopic (exact) mass is 375 g/mol. The minimum atomic E-state index is -0.171. The number of hydrogen-bond donors (Lipinski definition) is 1. The van der Waals surface area contributed by atoms with Crippen molar-refractivity contribution < 1.29 is 14.3 Å². The minimum absolute atomic E-state index is 0.171. The zero-order chi connectivity index (χ0) is 18.4. The molecule has 7 heteroatoms. The third kappa shape index (κ3) is 4.95. The maximum absolute atomic E-state index is 12.4. The lowest BCUT2D eigenvalue weighted by Gasteiger charge is -2.25. The zero-order valence-corrected chi connectivity index (χ0v) is 16.1. The van der Waals surface area contributed by atoms with Crippen molar-refractivity contribution in [2.45, 2.75) is 32.4 Å². The van der Waals surface area contributed by atoms with Gasteiger partial charge in [0.15, 0.2) is 0 Å². The molecule has 6 nitrogen and oxygen atoms in total. The Labute approximate surface area is 158 Å². The first-order valence-corrected chi connectivity index (χ1v) is 9.73. The van der Waals surface area contributed by atoms with Crippen molar-refractivity contribution >= 4 is 17.2 Å². The van der Waals surface area contributed by atoms with Gasteiger partial charge in [-0.15, -0.1) is 11.3 Å². The van der Waals surface area contributed by atoms with Crippen molar-refractivity contribution in [1.29, 1.82) is 0 Å². The summed E-state index contributed by atoms with van der Waals surface area (Å²) in [6, 6.07) is 5.13. The third-order valence-corrected chi connectivity index (χ3v) is 5.35. The number of carbonyl (C=O) groups excluding carboxylic acids is 1. The largest absolute Gasteiger partial charge is 0.497 e. The van der Waals surface area contributed by atoms with E-state index in [1.54, 1.807) is 43.8 Å². The second-order valence-electron chi connectivity index (χ2n) is 6.35. The minimum Gasteiger partial charge on any atom is -0.497 e. The molecule has 0 aliphatic carbocycles. The number of amides is 1. The fourth-order valence-electron chi connectivity index (χ4n) is 3.05. The first kappa shape index (κ1) is 18.7. The molecule has 0 saturated carbocycles. The summed E-state index contributed by atoms with van der Waals surface area (Å²) in [5.74, 6) is 1.01. The Morgan fingerprint density at radius 3 is 2.50 bits per heavy atom. The van der Waals surface area contributed by atoms with E-state index >= 15 is 0 Å². The predicted octanol–water partition coefficient (Wildman–Crippen LogP) is 3.08. The van der Waals surface area contributed by atoms with E-state index in [1.807, 2.05) is 0 Å². The molecule has 0 unspecified atom stereocenters. The summed E-state index contributed by atoms with van der Waals surface area (Å²) in [5.41, 5.74) is 1.59. The SMILES string of the molecule is COc1cc(OC)cc(C(=O)NCc2nc(CN3CCCCC3)cs2)c1. The molecule has 3 rings (SSSR count). The van der Waals surface area contributed by atoms with E-state index in [0.29, 0.717) is 23.6 Å². The second-order valence-corrected chi connectivity index (χ2v) is 7.30. The molecule has 1 aromatic carbocycles. The fourth-order valence-corrected chi connectivity index (χ4v) is 3.77. The van der Waals surface area contributed by atoms with E-state index in [2.05, 4.69) is 20.6 Å². The maximum Gasteiger partial charge on any atom is 0.251 e. The van der Waals surface area contributed by atoms with E-state index in [4.69, 9.17) is 9.47 Å². The Hall–Kier alpha value is -2.12. The highest BCUT2D eigenvalue weighted by Gasteiger charge is 2.14. The van der Waals surface area contributed by atoms with Gasteiger partial charge in [-0.3, -0.25) is 9.69 Å². The Morgan fingerprint density at radius 1 is 1.15 bits per heavy atom. The summed E-state index contributed by atoms with van der Waals surface area (Å²) < 4.78 is 10.4. The molecule has 1 saturated heterocycles. The molecule has 0 atom stereocenters. The molecule has 1 aliphatic rings. The van der Waals surface area contributed by atoms with E-state index in [-0.39, 0.29) is 5.91 Å². The number of piperidine rings is 1. The number of nitrogens with zero attached hydrogens (tertiary/aromatic N) is 2. The molecule has 1 N–H and O–H groups in total. The summed E-state index contributed by atoms with van der Waals surface area (Å²) in [5, 5.41) is 5.92. The molecule has 1 amide bonds. The zero-order valence-electron chi connectivity index (χ0n) is 15.3. The standard InChI is InChI=1S/C19H25N3O3S/c1-24-16-8-14(9-17(10-16)25-2)19(23)20-11-18-21-15(13-26-18)12-22-6-4-3-5-7-22/h8-10,13H,3-7,11-12H2,1-2H3,(H,20,23). The highest BCUT2D eigenvalue weighted by atomic mass is 32.1. The van der Waals surface area contributed by atoms with Gasteiger partial charge in [-0.1, -0.05) is 6.42 Å². The normalized spacial score (nSPS) is 14.8. The number of methoxy groups -OCH3 is 2. The average molecular weight is 375 g/mol. The lowest BCUT2D eigenvalue weighted by atomic mass is 10.1. The van der Waals surface area contributed by atoms with Crippen molar-refractivity contribution in [2.24, 2.45) is 0 Å². The van der Waals surface area contributed by atoms with Gasteiger partial charge in [0, 0.05) is 23.6 Å². The summed E-state index contributed by atoms with van der Waals surface area (Å²) in [6.45, 7) is 3.63. The Bertz CT molecular complexity index is 719. The Morgan fingerprint density at radius 2 is 1.85 bits per heavy atom. The highest BCUT2D eigenvalue weighted by Crippen LogP contribution is 2.22. The average Bonchev–Trinajstić information content (AvgIpc) is 3.13. The molecule has 0 radical (unpaired) electrons. The van der Waals surface area contributed by atoms with Gasteiger partial charge in [-0.2, -0.15) is 0 Å². The molecule has 2 heterocycles. The first-order valence-electron chi connectivity index (χ1n) is 8.85. The van der Waals surface area contributed by atoms with Gasteiger partial charge in [0.05, 0.1) is 26.5 Å². The first-order chi connectivity index (χ1) is 12.7. The van der Waals surface area contributed by atoms with Crippen molar-refractivity contribution in [3.05, 3.63) is 39.8 Å². The highest BCUT2D eigenvalue weighted by molar-refractivity contribution is 7.09. The fraction of sp³-hybridized carbons (Fsp3) is 0.474. The molecular formula is C19H25N3O3S. The van der Waals surface area contributed by atoms with Gasteiger partial charge in [0.1, 0.15) is 16.5 Å². The van der Waals surface area contributed by atoms with Gasteiger partial charge in [0.2, 0.25) is 0 Å². The van der Waals surface area contributed by atoms with Gasteiger partial charge in [0.25, 0.3) is 5.91 Å². The molecule has 2 aromatic rings. The summed E-state index contributed by atoms with van der Waals surface area (Å²) >= 11 is 1.59. The number of benzene rings is 1. The van der Waals surface area contributed by atoms with Gasteiger partial charge in [-0.05, 0) is 38.1 Å². The van der Waals surface area contributed by atoms with Gasteiger partial charge in [-0.25, -0.2) is 4.98 Å². The number of thiazole rings is 1. The molecule has 1 fully saturated rings. The van der Waals surface area contributed by atoms with Crippen molar-refractivity contribution in [3.8, 4) is 11.5 Å². The Kier molecular flexibility index (Phi) is 6.46. The molecule has 26 heavy (non-hydrogen) atoms. The van der Waals surface area contributed by atoms with E-state index in [1.165, 1.54) is 19.3 Å². The van der Waals surface area contributed by atoms with Crippen molar-refractivity contribution in [1.82, 2.24) is 15.2 Å². The molecule has 140 valence electrons. The quantitative estimate of drug-likeness (QED) is 0.806. The van der Waals surface area contributed by atoms with Crippen molar-refractivity contribution in [2.75, 3.05) is 27.3 Å². The summed E-state index contributed by atoms with van der Waals surface area (Å²) in [6.07, 6.45) is 3.88. The van der Waals surface area contributed by atoms with Crippen LogP contribution in [0.2, 0.25) is 0 Å². The smallest absolute Gasteiger partial charge is 0.251 e.